The molecule has 1 aromatic heterocycles. The molecule has 82 valence electrons. The van der Waals surface area contributed by atoms with Crippen LogP contribution in [-0.2, 0) is 6.54 Å². The summed E-state index contributed by atoms with van der Waals surface area (Å²) in [6.45, 7) is 2.54. The second kappa shape index (κ2) is 4.18. The molecular weight excluding hydrogens is 204 g/mol. The smallest absolute Gasteiger partial charge is 0.101 e. The zero-order chi connectivity index (χ0) is 11.5. The lowest BCUT2D eigenvalue weighted by molar-refractivity contribution is -0.254. The van der Waals surface area contributed by atoms with Gasteiger partial charge < -0.3 is 9.90 Å². The van der Waals surface area contributed by atoms with Gasteiger partial charge in [0, 0.05) is 23.9 Å². The molecule has 0 unspecified atom stereocenters. The van der Waals surface area contributed by atoms with Gasteiger partial charge in [0.25, 0.3) is 0 Å². The summed E-state index contributed by atoms with van der Waals surface area (Å²) in [7, 11) is 0. The summed E-state index contributed by atoms with van der Waals surface area (Å²) in [6.07, 6.45) is 1.50. The summed E-state index contributed by atoms with van der Waals surface area (Å²) >= 11 is 0. The largest absolute Gasteiger partial charge is 0.545 e. The van der Waals surface area contributed by atoms with E-state index < -0.39 is 5.97 Å². The predicted molar refractivity (Wildman–Crippen MR) is 57.7 cm³/mol. The SMILES string of the molecule is CCn1cc(C(=O)[O-])c(-c2ccccc2)n1. The lowest BCUT2D eigenvalue weighted by Crippen LogP contribution is -2.22. The molecule has 2 rings (SSSR count). The van der Waals surface area contributed by atoms with Crippen LogP contribution in [0.15, 0.2) is 36.5 Å². The first kappa shape index (κ1) is 10.4. The van der Waals surface area contributed by atoms with Crippen molar-refractivity contribution in [2.75, 3.05) is 0 Å². The minimum absolute atomic E-state index is 0.132. The molecule has 16 heavy (non-hydrogen) atoms. The molecule has 4 nitrogen and oxygen atoms in total. The van der Waals surface area contributed by atoms with E-state index in [1.807, 2.05) is 37.3 Å². The third kappa shape index (κ3) is 1.82. The third-order valence-corrected chi connectivity index (χ3v) is 2.35. The lowest BCUT2D eigenvalue weighted by atomic mass is 10.1. The first-order valence-corrected chi connectivity index (χ1v) is 5.06. The van der Waals surface area contributed by atoms with Gasteiger partial charge in [0.05, 0.1) is 5.97 Å². The van der Waals surface area contributed by atoms with Crippen molar-refractivity contribution in [2.45, 2.75) is 13.5 Å². The maximum Gasteiger partial charge on any atom is 0.101 e. The molecule has 0 amide bonds. The fourth-order valence-corrected chi connectivity index (χ4v) is 1.54. The summed E-state index contributed by atoms with van der Waals surface area (Å²) in [5, 5.41) is 15.2. The summed E-state index contributed by atoms with van der Waals surface area (Å²) in [5.74, 6) is -1.20. The number of carbonyl (C=O) groups is 1. The highest BCUT2D eigenvalue weighted by molar-refractivity contribution is 5.93. The number of rotatable bonds is 3. The Labute approximate surface area is 93.1 Å². The van der Waals surface area contributed by atoms with Crippen molar-refractivity contribution in [1.82, 2.24) is 9.78 Å². The number of carboxylic acid groups (broad SMARTS) is 1. The van der Waals surface area contributed by atoms with Gasteiger partial charge in [0.15, 0.2) is 0 Å². The van der Waals surface area contributed by atoms with Crippen molar-refractivity contribution >= 4 is 5.97 Å². The van der Waals surface area contributed by atoms with Crippen molar-refractivity contribution in [2.24, 2.45) is 0 Å². The second-order valence-corrected chi connectivity index (χ2v) is 3.40. The zero-order valence-corrected chi connectivity index (χ0v) is 8.88. The highest BCUT2D eigenvalue weighted by Crippen LogP contribution is 2.21. The maximum absolute atomic E-state index is 11.0. The van der Waals surface area contributed by atoms with E-state index in [2.05, 4.69) is 5.10 Å². The van der Waals surface area contributed by atoms with Gasteiger partial charge in [0.1, 0.15) is 5.69 Å². The Morgan fingerprint density at radius 2 is 2.06 bits per heavy atom. The van der Waals surface area contributed by atoms with Gasteiger partial charge in [-0.05, 0) is 6.92 Å². The molecule has 0 saturated carbocycles. The van der Waals surface area contributed by atoms with E-state index in [9.17, 15) is 9.90 Å². The monoisotopic (exact) mass is 215 g/mol. The molecule has 0 atom stereocenters. The maximum atomic E-state index is 11.0. The summed E-state index contributed by atoms with van der Waals surface area (Å²) < 4.78 is 1.59. The Morgan fingerprint density at radius 1 is 1.38 bits per heavy atom. The van der Waals surface area contributed by atoms with E-state index in [0.717, 1.165) is 5.56 Å². The van der Waals surface area contributed by atoms with E-state index in [1.165, 1.54) is 6.20 Å². The topological polar surface area (TPSA) is 58.0 Å². The van der Waals surface area contributed by atoms with E-state index >= 15 is 0 Å². The molecule has 0 aliphatic carbocycles. The third-order valence-electron chi connectivity index (χ3n) is 2.35. The average molecular weight is 215 g/mol. The van der Waals surface area contributed by atoms with Gasteiger partial charge in [-0.25, -0.2) is 0 Å². The molecule has 1 heterocycles. The van der Waals surface area contributed by atoms with Crippen LogP contribution >= 0.6 is 0 Å². The van der Waals surface area contributed by atoms with Gasteiger partial charge >= 0.3 is 0 Å². The van der Waals surface area contributed by atoms with Crippen LogP contribution in [0.5, 0.6) is 0 Å². The van der Waals surface area contributed by atoms with Crippen LogP contribution in [0.1, 0.15) is 17.3 Å². The Hall–Kier alpha value is -2.10. The summed E-state index contributed by atoms with van der Waals surface area (Å²) in [5.41, 5.74) is 1.38. The minimum Gasteiger partial charge on any atom is -0.545 e. The van der Waals surface area contributed by atoms with Crippen molar-refractivity contribution in [3.63, 3.8) is 0 Å². The number of hydrogen-bond donors (Lipinski definition) is 0. The number of hydrogen-bond acceptors (Lipinski definition) is 3. The van der Waals surface area contributed by atoms with Crippen LogP contribution in [0.25, 0.3) is 11.3 Å². The molecule has 0 fully saturated rings. The predicted octanol–water partition coefficient (Wildman–Crippen LogP) is 0.933. The van der Waals surface area contributed by atoms with Crippen LogP contribution in [-0.4, -0.2) is 15.7 Å². The van der Waals surface area contributed by atoms with Crippen LogP contribution in [0, 0.1) is 0 Å². The normalized spacial score (nSPS) is 10.3. The Balaban J connectivity index is 2.55. The number of aryl methyl sites for hydroxylation is 1. The molecule has 0 aliphatic heterocycles. The number of aromatic nitrogens is 2. The van der Waals surface area contributed by atoms with Crippen molar-refractivity contribution in [3.05, 3.63) is 42.1 Å². The van der Waals surface area contributed by atoms with E-state index in [0.29, 0.717) is 12.2 Å². The quantitative estimate of drug-likeness (QED) is 0.765. The average Bonchev–Trinajstić information content (AvgIpc) is 2.74. The first-order chi connectivity index (χ1) is 7.72. The second-order valence-electron chi connectivity index (χ2n) is 3.40. The Kier molecular flexibility index (Phi) is 2.72. The summed E-state index contributed by atoms with van der Waals surface area (Å²) in [6, 6.07) is 9.22. The van der Waals surface area contributed by atoms with Crippen LogP contribution in [0.2, 0.25) is 0 Å². The van der Waals surface area contributed by atoms with Crippen LogP contribution in [0.4, 0.5) is 0 Å². The van der Waals surface area contributed by atoms with E-state index in [-0.39, 0.29) is 5.56 Å². The number of carbonyl (C=O) groups excluding carboxylic acids is 1. The fraction of sp³-hybridized carbons (Fsp3) is 0.167. The zero-order valence-electron chi connectivity index (χ0n) is 8.88. The van der Waals surface area contributed by atoms with Gasteiger partial charge in [-0.15, -0.1) is 0 Å². The first-order valence-electron chi connectivity index (χ1n) is 5.06. The van der Waals surface area contributed by atoms with Crippen molar-refractivity contribution < 1.29 is 9.90 Å². The Bertz CT molecular complexity index is 503. The molecule has 4 heteroatoms. The van der Waals surface area contributed by atoms with Crippen molar-refractivity contribution in [1.29, 1.82) is 0 Å². The van der Waals surface area contributed by atoms with Gasteiger partial charge in [-0.2, -0.15) is 5.10 Å². The molecule has 0 N–H and O–H groups in total. The van der Waals surface area contributed by atoms with E-state index in [4.69, 9.17) is 0 Å². The summed E-state index contributed by atoms with van der Waals surface area (Å²) in [4.78, 5) is 11.0. The standard InChI is InChI=1S/C12H12N2O2/c1-2-14-8-10(12(15)16)11(13-14)9-6-4-3-5-7-9/h3-8H,2H2,1H3,(H,15,16)/p-1. The Morgan fingerprint density at radius 3 is 2.62 bits per heavy atom. The molecular formula is C12H11N2O2-. The fourth-order valence-electron chi connectivity index (χ4n) is 1.54. The molecule has 0 spiro atoms. The molecule has 2 aromatic rings. The number of carboxylic acids is 1. The van der Waals surface area contributed by atoms with Crippen LogP contribution < -0.4 is 5.11 Å². The molecule has 0 radical (unpaired) electrons. The molecule has 0 aliphatic rings. The molecule has 1 aromatic carbocycles. The van der Waals surface area contributed by atoms with E-state index in [1.54, 1.807) is 4.68 Å². The van der Waals surface area contributed by atoms with Gasteiger partial charge in [-0.1, -0.05) is 30.3 Å². The minimum atomic E-state index is -1.20. The number of benzene rings is 1. The lowest BCUT2D eigenvalue weighted by Gasteiger charge is -2.01. The molecule has 0 saturated heterocycles. The number of nitrogens with zero attached hydrogens (tertiary/aromatic N) is 2. The highest BCUT2D eigenvalue weighted by Gasteiger charge is 2.10. The van der Waals surface area contributed by atoms with Crippen molar-refractivity contribution in [3.8, 4) is 11.3 Å². The van der Waals surface area contributed by atoms with Gasteiger partial charge in [-0.3, -0.25) is 4.68 Å². The number of aromatic carboxylic acids is 1. The highest BCUT2D eigenvalue weighted by atomic mass is 16.4. The van der Waals surface area contributed by atoms with Crippen LogP contribution in [0.3, 0.4) is 0 Å². The van der Waals surface area contributed by atoms with Gasteiger partial charge in [0.2, 0.25) is 0 Å². The molecule has 0 bridgehead atoms.